The molecule has 0 atom stereocenters. The molecule has 0 saturated heterocycles. The van der Waals surface area contributed by atoms with E-state index in [-0.39, 0.29) is 0 Å². The van der Waals surface area contributed by atoms with Gasteiger partial charge in [0.05, 0.1) is 0 Å². The minimum Gasteiger partial charge on any atom is -0.300 e. The third kappa shape index (κ3) is 1.64. The molecular weight excluding hydrogens is 184 g/mol. The molecule has 3 saturated carbocycles. The molecule has 0 radical (unpaired) electrons. The summed E-state index contributed by atoms with van der Waals surface area (Å²) in [7, 11) is 0. The van der Waals surface area contributed by atoms with Crippen molar-refractivity contribution in [1.82, 2.24) is 0 Å². The van der Waals surface area contributed by atoms with Crippen molar-refractivity contribution in [3.05, 3.63) is 0 Å². The van der Waals surface area contributed by atoms with Gasteiger partial charge in [-0.25, -0.2) is 0 Å². The van der Waals surface area contributed by atoms with E-state index in [0.717, 1.165) is 18.3 Å². The maximum Gasteiger partial charge on any atom is 0.133 e. The van der Waals surface area contributed by atoms with E-state index in [0.29, 0.717) is 11.2 Å². The number of Topliss-reactive ketones (excluding diaryl/α,β-unsaturated/α-hetero) is 1. The summed E-state index contributed by atoms with van der Waals surface area (Å²) in [4.78, 5) is 11.4. The highest BCUT2D eigenvalue weighted by atomic mass is 16.1. The molecule has 0 aromatic rings. The van der Waals surface area contributed by atoms with E-state index in [1.165, 1.54) is 57.8 Å². The Morgan fingerprint density at radius 3 is 1.87 bits per heavy atom. The van der Waals surface area contributed by atoms with Crippen LogP contribution in [0.25, 0.3) is 0 Å². The average molecular weight is 206 g/mol. The third-order valence-electron chi connectivity index (χ3n) is 5.54. The molecule has 0 N–H and O–H groups in total. The van der Waals surface area contributed by atoms with Gasteiger partial charge in [0.2, 0.25) is 0 Å². The van der Waals surface area contributed by atoms with Crippen molar-refractivity contribution in [3.8, 4) is 0 Å². The SMILES string of the molecule is O=C1CCC2(CCC3(CCCC3)CC2)C1. The van der Waals surface area contributed by atoms with E-state index < -0.39 is 0 Å². The van der Waals surface area contributed by atoms with Crippen LogP contribution in [0.3, 0.4) is 0 Å². The molecule has 0 aliphatic heterocycles. The van der Waals surface area contributed by atoms with Crippen molar-refractivity contribution in [2.75, 3.05) is 0 Å². The third-order valence-corrected chi connectivity index (χ3v) is 5.54. The van der Waals surface area contributed by atoms with Crippen LogP contribution in [-0.4, -0.2) is 5.78 Å². The molecule has 3 rings (SSSR count). The van der Waals surface area contributed by atoms with Gasteiger partial charge < -0.3 is 0 Å². The monoisotopic (exact) mass is 206 g/mol. The van der Waals surface area contributed by atoms with E-state index in [2.05, 4.69) is 0 Å². The molecule has 15 heavy (non-hydrogen) atoms. The lowest BCUT2D eigenvalue weighted by Gasteiger charge is -2.43. The lowest BCUT2D eigenvalue weighted by molar-refractivity contribution is -0.118. The van der Waals surface area contributed by atoms with Gasteiger partial charge in [-0.15, -0.1) is 0 Å². The molecule has 0 bridgehead atoms. The molecule has 2 spiro atoms. The molecule has 3 aliphatic carbocycles. The molecule has 84 valence electrons. The van der Waals surface area contributed by atoms with Gasteiger partial charge in [-0.2, -0.15) is 0 Å². The average Bonchev–Trinajstić information content (AvgIpc) is 2.81. The Balaban J connectivity index is 1.67. The normalized spacial score (nSPS) is 32.9. The van der Waals surface area contributed by atoms with Crippen molar-refractivity contribution >= 4 is 5.78 Å². The van der Waals surface area contributed by atoms with Crippen LogP contribution in [0.15, 0.2) is 0 Å². The zero-order chi connectivity index (χ0) is 10.4. The van der Waals surface area contributed by atoms with Crippen LogP contribution in [0.5, 0.6) is 0 Å². The fourth-order valence-corrected chi connectivity index (χ4v) is 4.36. The van der Waals surface area contributed by atoms with Crippen molar-refractivity contribution < 1.29 is 4.79 Å². The van der Waals surface area contributed by atoms with E-state index in [4.69, 9.17) is 0 Å². The number of ketones is 1. The van der Waals surface area contributed by atoms with E-state index in [1.807, 2.05) is 0 Å². The molecule has 3 fully saturated rings. The van der Waals surface area contributed by atoms with Gasteiger partial charge in [-0.05, 0) is 55.8 Å². The van der Waals surface area contributed by atoms with Gasteiger partial charge in [0.25, 0.3) is 0 Å². The molecule has 0 aromatic heterocycles. The molecule has 0 heterocycles. The first kappa shape index (κ1) is 9.86. The first-order valence-corrected chi connectivity index (χ1v) is 6.74. The highest BCUT2D eigenvalue weighted by molar-refractivity contribution is 5.81. The molecule has 1 heteroatoms. The summed E-state index contributed by atoms with van der Waals surface area (Å²) in [6.07, 6.45) is 14.5. The predicted octanol–water partition coefficient (Wildman–Crippen LogP) is 3.86. The summed E-state index contributed by atoms with van der Waals surface area (Å²) in [5, 5.41) is 0. The van der Waals surface area contributed by atoms with E-state index >= 15 is 0 Å². The molecule has 0 unspecified atom stereocenters. The second kappa shape index (κ2) is 3.33. The van der Waals surface area contributed by atoms with Gasteiger partial charge in [-0.3, -0.25) is 4.79 Å². The second-order valence-electron chi connectivity index (χ2n) is 6.42. The van der Waals surface area contributed by atoms with Crippen molar-refractivity contribution in [1.29, 1.82) is 0 Å². The topological polar surface area (TPSA) is 17.1 Å². The Morgan fingerprint density at radius 1 is 0.733 bits per heavy atom. The largest absolute Gasteiger partial charge is 0.300 e. The fourth-order valence-electron chi connectivity index (χ4n) is 4.36. The zero-order valence-corrected chi connectivity index (χ0v) is 9.69. The quantitative estimate of drug-likeness (QED) is 0.588. The number of carbonyl (C=O) groups excluding carboxylic acids is 1. The van der Waals surface area contributed by atoms with Crippen LogP contribution in [0.1, 0.15) is 70.6 Å². The Kier molecular flexibility index (Phi) is 2.19. The maximum absolute atomic E-state index is 11.4. The van der Waals surface area contributed by atoms with Crippen molar-refractivity contribution in [2.24, 2.45) is 10.8 Å². The summed E-state index contributed by atoms with van der Waals surface area (Å²) in [6, 6.07) is 0. The standard InChI is InChI=1S/C14H22O/c15-12-3-6-14(11-12)9-7-13(8-10-14)4-1-2-5-13/h1-11H2. The summed E-state index contributed by atoms with van der Waals surface area (Å²) in [5.41, 5.74) is 1.21. The van der Waals surface area contributed by atoms with Crippen molar-refractivity contribution in [2.45, 2.75) is 70.6 Å². The number of rotatable bonds is 0. The smallest absolute Gasteiger partial charge is 0.133 e. The Labute approximate surface area is 92.6 Å². The van der Waals surface area contributed by atoms with E-state index in [9.17, 15) is 4.79 Å². The Morgan fingerprint density at radius 2 is 1.33 bits per heavy atom. The molecule has 1 nitrogen and oxygen atoms in total. The first-order chi connectivity index (χ1) is 7.22. The summed E-state index contributed by atoms with van der Waals surface area (Å²) < 4.78 is 0. The molecule has 0 aromatic carbocycles. The maximum atomic E-state index is 11.4. The van der Waals surface area contributed by atoms with E-state index in [1.54, 1.807) is 0 Å². The number of hydrogen-bond acceptors (Lipinski definition) is 1. The Bertz CT molecular complexity index is 263. The summed E-state index contributed by atoms with van der Waals surface area (Å²) >= 11 is 0. The van der Waals surface area contributed by atoms with Gasteiger partial charge in [0.15, 0.2) is 0 Å². The lowest BCUT2D eigenvalue weighted by Crippen LogP contribution is -2.31. The predicted molar refractivity (Wildman–Crippen MR) is 60.7 cm³/mol. The van der Waals surface area contributed by atoms with Crippen LogP contribution in [-0.2, 0) is 4.79 Å². The van der Waals surface area contributed by atoms with Gasteiger partial charge in [0, 0.05) is 12.8 Å². The number of hydrogen-bond donors (Lipinski definition) is 0. The van der Waals surface area contributed by atoms with Crippen LogP contribution in [0.2, 0.25) is 0 Å². The fraction of sp³-hybridized carbons (Fsp3) is 0.929. The van der Waals surface area contributed by atoms with Crippen LogP contribution in [0.4, 0.5) is 0 Å². The van der Waals surface area contributed by atoms with Gasteiger partial charge >= 0.3 is 0 Å². The van der Waals surface area contributed by atoms with Crippen LogP contribution >= 0.6 is 0 Å². The minimum atomic E-state index is 0.477. The first-order valence-electron chi connectivity index (χ1n) is 6.74. The highest BCUT2D eigenvalue weighted by Gasteiger charge is 2.46. The van der Waals surface area contributed by atoms with Crippen molar-refractivity contribution in [3.63, 3.8) is 0 Å². The zero-order valence-electron chi connectivity index (χ0n) is 9.69. The van der Waals surface area contributed by atoms with Gasteiger partial charge in [-0.1, -0.05) is 12.8 Å². The second-order valence-corrected chi connectivity index (χ2v) is 6.42. The Hall–Kier alpha value is -0.330. The molecular formula is C14H22O. The highest BCUT2D eigenvalue weighted by Crippen LogP contribution is 2.57. The van der Waals surface area contributed by atoms with Gasteiger partial charge in [0.1, 0.15) is 5.78 Å². The number of carbonyl (C=O) groups is 1. The minimum absolute atomic E-state index is 0.477. The molecule has 3 aliphatic rings. The van der Waals surface area contributed by atoms with Crippen LogP contribution < -0.4 is 0 Å². The summed E-state index contributed by atoms with van der Waals surface area (Å²) in [5.74, 6) is 0.539. The van der Waals surface area contributed by atoms with Crippen LogP contribution in [0, 0.1) is 10.8 Å². The lowest BCUT2D eigenvalue weighted by atomic mass is 9.62. The molecule has 0 amide bonds. The summed E-state index contributed by atoms with van der Waals surface area (Å²) in [6.45, 7) is 0.